The van der Waals surface area contributed by atoms with E-state index in [1.807, 2.05) is 51.1 Å². The molecule has 2 aromatic carbocycles. The van der Waals surface area contributed by atoms with Gasteiger partial charge >= 0.3 is 6.09 Å². The van der Waals surface area contributed by atoms with Crippen LogP contribution >= 0.6 is 0 Å². The molecule has 3 aromatic rings. The van der Waals surface area contributed by atoms with E-state index in [9.17, 15) is 9.90 Å². The topological polar surface area (TPSA) is 96.4 Å². The van der Waals surface area contributed by atoms with Crippen molar-refractivity contribution in [3.63, 3.8) is 0 Å². The Labute approximate surface area is 220 Å². The van der Waals surface area contributed by atoms with Gasteiger partial charge in [-0.05, 0) is 69.4 Å². The number of aromatic nitrogens is 2. The molecule has 1 unspecified atom stereocenters. The lowest BCUT2D eigenvalue weighted by atomic mass is 9.84. The molecule has 7 nitrogen and oxygen atoms in total. The number of anilines is 1. The molecule has 1 atom stereocenters. The molecule has 1 heterocycles. The largest absolute Gasteiger partial charge is 0.439 e. The molecule has 7 heteroatoms. The van der Waals surface area contributed by atoms with Gasteiger partial charge in [-0.25, -0.2) is 14.8 Å². The van der Waals surface area contributed by atoms with Crippen molar-refractivity contribution in [2.24, 2.45) is 0 Å². The smallest absolute Gasteiger partial charge is 0.408 e. The van der Waals surface area contributed by atoms with Gasteiger partial charge in [0.1, 0.15) is 0 Å². The monoisotopic (exact) mass is 504 g/mol. The van der Waals surface area contributed by atoms with Crippen LogP contribution in [0.15, 0.2) is 54.7 Å². The Balaban J connectivity index is 1.86. The van der Waals surface area contributed by atoms with E-state index >= 15 is 0 Å². The van der Waals surface area contributed by atoms with Crippen molar-refractivity contribution in [3.8, 4) is 22.6 Å². The van der Waals surface area contributed by atoms with Crippen molar-refractivity contribution in [2.45, 2.75) is 78.5 Å². The average molecular weight is 505 g/mol. The Morgan fingerprint density at radius 2 is 1.62 bits per heavy atom. The molecule has 37 heavy (non-hydrogen) atoms. The molecular weight excluding hydrogens is 464 g/mol. The summed E-state index contributed by atoms with van der Waals surface area (Å²) in [5.41, 5.74) is 5.28. The second-order valence-corrected chi connectivity index (χ2v) is 11.6. The first-order valence-corrected chi connectivity index (χ1v) is 12.7. The summed E-state index contributed by atoms with van der Waals surface area (Å²) in [5.74, 6) is 0.595. The Morgan fingerprint density at radius 1 is 0.973 bits per heavy atom. The molecule has 0 spiro atoms. The van der Waals surface area contributed by atoms with Crippen molar-refractivity contribution in [2.75, 3.05) is 11.9 Å². The quantitative estimate of drug-likeness (QED) is 0.340. The standard InChI is InChI=1S/C30H40N4O3/c1-19(2)32-25-14-13-22(17-23(25)29(3,4)5)24-15-16-31-27(33-24)21-11-9-20(10-12-21)26(18-35)37-28(36)34-30(6,7)8/h9-17,19,26,32,35H,18H2,1-8H3,(H,34,36). The van der Waals surface area contributed by atoms with Crippen LogP contribution in [0.3, 0.4) is 0 Å². The fourth-order valence-corrected chi connectivity index (χ4v) is 3.94. The highest BCUT2D eigenvalue weighted by atomic mass is 16.6. The maximum absolute atomic E-state index is 12.2. The van der Waals surface area contributed by atoms with Gasteiger partial charge < -0.3 is 20.5 Å². The van der Waals surface area contributed by atoms with E-state index in [1.54, 1.807) is 6.20 Å². The molecule has 198 valence electrons. The SMILES string of the molecule is CC(C)Nc1ccc(-c2ccnc(-c3ccc(C(CO)OC(=O)NC(C)(C)C)cc3)n2)cc1C(C)(C)C. The minimum Gasteiger partial charge on any atom is -0.439 e. The summed E-state index contributed by atoms with van der Waals surface area (Å²) in [6, 6.07) is 16.0. The zero-order valence-electron chi connectivity index (χ0n) is 23.2. The molecule has 0 fully saturated rings. The number of ether oxygens (including phenoxy) is 1. The highest BCUT2D eigenvalue weighted by molar-refractivity contribution is 5.70. The van der Waals surface area contributed by atoms with Crippen molar-refractivity contribution >= 4 is 11.8 Å². The van der Waals surface area contributed by atoms with E-state index in [4.69, 9.17) is 9.72 Å². The molecule has 0 bridgehead atoms. The second kappa shape index (κ2) is 11.3. The summed E-state index contributed by atoms with van der Waals surface area (Å²) in [7, 11) is 0. The molecule has 3 N–H and O–H groups in total. The third-order valence-corrected chi connectivity index (χ3v) is 5.66. The predicted molar refractivity (Wildman–Crippen MR) is 150 cm³/mol. The van der Waals surface area contributed by atoms with Crippen LogP contribution in [0.25, 0.3) is 22.6 Å². The van der Waals surface area contributed by atoms with E-state index in [0.29, 0.717) is 17.4 Å². The molecule has 0 radical (unpaired) electrons. The number of nitrogens with zero attached hydrogens (tertiary/aromatic N) is 2. The van der Waals surface area contributed by atoms with Gasteiger partial charge in [-0.3, -0.25) is 0 Å². The van der Waals surface area contributed by atoms with E-state index in [0.717, 1.165) is 22.5 Å². The summed E-state index contributed by atoms with van der Waals surface area (Å²) >= 11 is 0. The van der Waals surface area contributed by atoms with Crippen LogP contribution in [0.4, 0.5) is 10.5 Å². The molecule has 0 aliphatic heterocycles. The lowest BCUT2D eigenvalue weighted by Crippen LogP contribution is -2.41. The minimum absolute atomic E-state index is 0.0337. The Hall–Kier alpha value is -3.45. The molecule has 3 rings (SSSR count). The van der Waals surface area contributed by atoms with Gasteiger partial charge in [-0.15, -0.1) is 0 Å². The molecule has 0 aliphatic carbocycles. The maximum atomic E-state index is 12.2. The van der Waals surface area contributed by atoms with Crippen LogP contribution in [0.2, 0.25) is 0 Å². The summed E-state index contributed by atoms with van der Waals surface area (Å²) in [6.45, 7) is 16.2. The second-order valence-electron chi connectivity index (χ2n) is 11.6. The van der Waals surface area contributed by atoms with Crippen molar-refractivity contribution in [1.29, 1.82) is 0 Å². The van der Waals surface area contributed by atoms with E-state index < -0.39 is 17.7 Å². The number of carbonyl (C=O) groups is 1. The Bertz CT molecular complexity index is 1210. The van der Waals surface area contributed by atoms with Crippen LogP contribution in [0.5, 0.6) is 0 Å². The van der Waals surface area contributed by atoms with E-state index in [-0.39, 0.29) is 12.0 Å². The number of alkyl carbamates (subject to hydrolysis) is 1. The number of hydrogen-bond donors (Lipinski definition) is 3. The third kappa shape index (κ3) is 7.76. The van der Waals surface area contributed by atoms with Gasteiger partial charge in [-0.1, -0.05) is 51.1 Å². The number of aliphatic hydroxyl groups excluding tert-OH is 1. The number of aliphatic hydroxyl groups is 1. The fourth-order valence-electron chi connectivity index (χ4n) is 3.94. The maximum Gasteiger partial charge on any atom is 0.408 e. The molecule has 0 aliphatic rings. The van der Waals surface area contributed by atoms with Crippen molar-refractivity contribution in [1.82, 2.24) is 15.3 Å². The minimum atomic E-state index is -0.766. The first-order valence-electron chi connectivity index (χ1n) is 12.7. The van der Waals surface area contributed by atoms with E-state index in [2.05, 4.69) is 68.4 Å². The number of rotatable bonds is 7. The lowest BCUT2D eigenvalue weighted by Gasteiger charge is -2.25. The molecule has 1 aromatic heterocycles. The number of carbonyl (C=O) groups excluding carboxylic acids is 1. The fraction of sp³-hybridized carbons (Fsp3) is 0.433. The molecule has 0 saturated heterocycles. The van der Waals surface area contributed by atoms with Crippen LogP contribution in [0, 0.1) is 0 Å². The lowest BCUT2D eigenvalue weighted by molar-refractivity contribution is 0.0530. The van der Waals surface area contributed by atoms with Gasteiger partial charge in [-0.2, -0.15) is 0 Å². The van der Waals surface area contributed by atoms with Crippen LogP contribution < -0.4 is 10.6 Å². The van der Waals surface area contributed by atoms with Gasteiger partial charge in [0.15, 0.2) is 11.9 Å². The number of amides is 1. The van der Waals surface area contributed by atoms with Crippen molar-refractivity contribution < 1.29 is 14.6 Å². The molecule has 1 amide bonds. The predicted octanol–water partition coefficient (Wildman–Crippen LogP) is 6.49. The van der Waals surface area contributed by atoms with Crippen LogP contribution in [-0.4, -0.2) is 39.4 Å². The van der Waals surface area contributed by atoms with Crippen molar-refractivity contribution in [3.05, 3.63) is 65.9 Å². The van der Waals surface area contributed by atoms with Crippen LogP contribution in [0.1, 0.15) is 72.6 Å². The highest BCUT2D eigenvalue weighted by Gasteiger charge is 2.21. The normalized spacial score (nSPS) is 12.8. The average Bonchev–Trinajstić information content (AvgIpc) is 2.81. The first-order chi connectivity index (χ1) is 17.3. The number of nitrogens with one attached hydrogen (secondary N) is 2. The summed E-state index contributed by atoms with van der Waals surface area (Å²) < 4.78 is 5.42. The zero-order valence-corrected chi connectivity index (χ0v) is 23.2. The Kier molecular flexibility index (Phi) is 8.59. The molecule has 0 saturated carbocycles. The third-order valence-electron chi connectivity index (χ3n) is 5.66. The van der Waals surface area contributed by atoms with Gasteiger partial charge in [0, 0.05) is 34.6 Å². The number of hydrogen-bond acceptors (Lipinski definition) is 6. The number of benzene rings is 2. The van der Waals surface area contributed by atoms with Gasteiger partial charge in [0.05, 0.1) is 12.3 Å². The van der Waals surface area contributed by atoms with E-state index in [1.165, 1.54) is 5.56 Å². The zero-order chi connectivity index (χ0) is 27.4. The summed E-state index contributed by atoms with van der Waals surface area (Å²) in [4.78, 5) is 21.5. The Morgan fingerprint density at radius 3 is 2.19 bits per heavy atom. The first kappa shape index (κ1) is 28.1. The summed E-state index contributed by atoms with van der Waals surface area (Å²) in [6.07, 6.45) is 0.423. The summed E-state index contributed by atoms with van der Waals surface area (Å²) in [5, 5.41) is 16.1. The highest BCUT2D eigenvalue weighted by Crippen LogP contribution is 2.34. The van der Waals surface area contributed by atoms with Crippen LogP contribution in [-0.2, 0) is 10.2 Å². The molecular formula is C30H40N4O3. The van der Waals surface area contributed by atoms with Gasteiger partial charge in [0.2, 0.25) is 0 Å². The van der Waals surface area contributed by atoms with Gasteiger partial charge in [0.25, 0.3) is 0 Å².